The van der Waals surface area contributed by atoms with Gasteiger partial charge in [0.2, 0.25) is 0 Å². The second-order valence-electron chi connectivity index (χ2n) is 5.57. The minimum atomic E-state index is 0.691. The molecule has 24 heavy (non-hydrogen) atoms. The summed E-state index contributed by atoms with van der Waals surface area (Å²) in [5.41, 5.74) is 0. The minimum absolute atomic E-state index is 0.691. The van der Waals surface area contributed by atoms with Crippen molar-refractivity contribution in [2.24, 2.45) is 4.99 Å². The van der Waals surface area contributed by atoms with E-state index in [2.05, 4.69) is 48.8 Å². The number of hydrogen-bond donors (Lipinski definition) is 2. The van der Waals surface area contributed by atoms with Crippen LogP contribution in [0.2, 0.25) is 0 Å². The zero-order valence-corrected chi connectivity index (χ0v) is 14.6. The van der Waals surface area contributed by atoms with E-state index in [-0.39, 0.29) is 0 Å². The lowest BCUT2D eigenvalue weighted by atomic mass is 10.4. The Balaban J connectivity index is 1.76. The van der Waals surface area contributed by atoms with Crippen LogP contribution in [0.1, 0.15) is 12.7 Å². The molecule has 0 amide bonds. The van der Waals surface area contributed by atoms with Crippen LogP contribution in [0, 0.1) is 0 Å². The molecule has 0 radical (unpaired) electrons. The Morgan fingerprint density at radius 3 is 2.96 bits per heavy atom. The second kappa shape index (κ2) is 10.8. The highest BCUT2D eigenvalue weighted by molar-refractivity contribution is 5.79. The molecule has 8 heteroatoms. The first-order valence-corrected chi connectivity index (χ1v) is 8.63. The minimum Gasteiger partial charge on any atom is -0.379 e. The van der Waals surface area contributed by atoms with E-state index in [0.717, 1.165) is 70.7 Å². The predicted molar refractivity (Wildman–Crippen MR) is 95.2 cm³/mol. The molecule has 0 spiro atoms. The van der Waals surface area contributed by atoms with Gasteiger partial charge in [0, 0.05) is 45.7 Å². The Morgan fingerprint density at radius 1 is 1.38 bits per heavy atom. The van der Waals surface area contributed by atoms with Crippen LogP contribution in [-0.4, -0.2) is 78.1 Å². The molecule has 1 aromatic rings. The summed E-state index contributed by atoms with van der Waals surface area (Å²) in [6.45, 7) is 13.4. The number of guanidine groups is 1. The number of aromatic nitrogens is 3. The Morgan fingerprint density at radius 2 is 2.21 bits per heavy atom. The largest absolute Gasteiger partial charge is 0.379 e. The van der Waals surface area contributed by atoms with Gasteiger partial charge in [0.25, 0.3) is 0 Å². The van der Waals surface area contributed by atoms with Crippen molar-refractivity contribution < 1.29 is 4.74 Å². The maximum absolute atomic E-state index is 5.36. The van der Waals surface area contributed by atoms with E-state index in [1.54, 1.807) is 6.33 Å². The van der Waals surface area contributed by atoms with Crippen LogP contribution in [0.3, 0.4) is 0 Å². The quantitative estimate of drug-likeness (QED) is 0.373. The van der Waals surface area contributed by atoms with E-state index >= 15 is 0 Å². The monoisotopic (exact) mass is 335 g/mol. The Hall–Kier alpha value is -1.93. The Labute approximate surface area is 144 Å². The van der Waals surface area contributed by atoms with E-state index in [0.29, 0.717) is 6.54 Å². The van der Waals surface area contributed by atoms with Crippen molar-refractivity contribution in [3.63, 3.8) is 0 Å². The molecule has 1 aliphatic rings. The lowest BCUT2D eigenvalue weighted by molar-refractivity contribution is 0.0394. The van der Waals surface area contributed by atoms with Crippen LogP contribution in [0.15, 0.2) is 24.0 Å². The van der Waals surface area contributed by atoms with Gasteiger partial charge in [-0.3, -0.25) is 9.89 Å². The Kier molecular flexibility index (Phi) is 8.26. The van der Waals surface area contributed by atoms with Gasteiger partial charge >= 0.3 is 0 Å². The van der Waals surface area contributed by atoms with Crippen molar-refractivity contribution in [3.8, 4) is 0 Å². The molecule has 0 bridgehead atoms. The number of hydrogen-bond acceptors (Lipinski definition) is 5. The van der Waals surface area contributed by atoms with Crippen molar-refractivity contribution in [1.82, 2.24) is 30.3 Å². The van der Waals surface area contributed by atoms with E-state index in [1.807, 2.05) is 6.08 Å². The molecule has 1 saturated heterocycles. The molecule has 1 aromatic heterocycles. The van der Waals surface area contributed by atoms with E-state index in [4.69, 9.17) is 4.74 Å². The second-order valence-corrected chi connectivity index (χ2v) is 5.57. The first kappa shape index (κ1) is 18.4. The number of ether oxygens (including phenoxy) is 1. The van der Waals surface area contributed by atoms with Gasteiger partial charge in [0.1, 0.15) is 12.2 Å². The zero-order chi connectivity index (χ0) is 17.0. The summed E-state index contributed by atoms with van der Waals surface area (Å²) in [5, 5.41) is 14.7. The van der Waals surface area contributed by atoms with Crippen molar-refractivity contribution in [2.45, 2.75) is 19.9 Å². The molecule has 1 aliphatic heterocycles. The summed E-state index contributed by atoms with van der Waals surface area (Å²) in [7, 11) is 0. The molecular weight excluding hydrogens is 306 g/mol. The summed E-state index contributed by atoms with van der Waals surface area (Å²) >= 11 is 0. The number of morpholine rings is 1. The maximum atomic E-state index is 5.36. The third-order valence-electron chi connectivity index (χ3n) is 3.86. The van der Waals surface area contributed by atoms with Gasteiger partial charge in [-0.2, -0.15) is 0 Å². The van der Waals surface area contributed by atoms with Gasteiger partial charge in [-0.15, -0.1) is 16.8 Å². The molecular formula is C16H29N7O. The van der Waals surface area contributed by atoms with E-state index < -0.39 is 0 Å². The predicted octanol–water partition coefficient (Wildman–Crippen LogP) is -0.106. The van der Waals surface area contributed by atoms with Crippen molar-refractivity contribution in [1.29, 1.82) is 0 Å². The SMILES string of the molecule is C=CCNC(=NCCN1CCOCC1)NCCn1cnnc1CC. The molecule has 134 valence electrons. The number of rotatable bonds is 9. The summed E-state index contributed by atoms with van der Waals surface area (Å²) < 4.78 is 7.42. The van der Waals surface area contributed by atoms with Gasteiger partial charge in [0.15, 0.2) is 5.96 Å². The van der Waals surface area contributed by atoms with Gasteiger partial charge in [0.05, 0.1) is 19.8 Å². The summed E-state index contributed by atoms with van der Waals surface area (Å²) in [4.78, 5) is 7.02. The summed E-state index contributed by atoms with van der Waals surface area (Å²) in [6.07, 6.45) is 4.48. The van der Waals surface area contributed by atoms with Gasteiger partial charge < -0.3 is 19.9 Å². The van der Waals surface area contributed by atoms with Crippen LogP contribution in [-0.2, 0) is 17.7 Å². The third-order valence-corrected chi connectivity index (χ3v) is 3.86. The molecule has 2 heterocycles. The van der Waals surface area contributed by atoms with Crippen LogP contribution >= 0.6 is 0 Å². The highest BCUT2D eigenvalue weighted by atomic mass is 16.5. The first-order chi connectivity index (χ1) is 11.8. The zero-order valence-electron chi connectivity index (χ0n) is 14.6. The molecule has 0 unspecified atom stereocenters. The average molecular weight is 335 g/mol. The molecule has 0 aromatic carbocycles. The van der Waals surface area contributed by atoms with Crippen LogP contribution in [0.4, 0.5) is 0 Å². The Bertz CT molecular complexity index is 508. The molecule has 8 nitrogen and oxygen atoms in total. The highest BCUT2D eigenvalue weighted by Crippen LogP contribution is 1.96. The van der Waals surface area contributed by atoms with E-state index in [9.17, 15) is 0 Å². The number of aliphatic imine (C=N–C) groups is 1. The summed E-state index contributed by atoms with van der Waals surface area (Å²) in [5.74, 6) is 1.82. The highest BCUT2D eigenvalue weighted by Gasteiger charge is 2.09. The van der Waals surface area contributed by atoms with Gasteiger partial charge in [-0.25, -0.2) is 0 Å². The lowest BCUT2D eigenvalue weighted by Gasteiger charge is -2.25. The number of nitrogens with zero attached hydrogens (tertiary/aromatic N) is 5. The standard InChI is InChI=1S/C16H29N7O/c1-3-5-17-16(18-6-8-22-10-12-24-13-11-22)19-7-9-23-14-20-21-15(23)4-2/h3,14H,1,4-13H2,2H3,(H2,17,18,19). The third kappa shape index (κ3) is 6.29. The van der Waals surface area contributed by atoms with Crippen molar-refractivity contribution >= 4 is 5.96 Å². The van der Waals surface area contributed by atoms with Crippen LogP contribution in [0.25, 0.3) is 0 Å². The average Bonchev–Trinajstić information content (AvgIpc) is 3.07. The van der Waals surface area contributed by atoms with Gasteiger partial charge in [-0.05, 0) is 0 Å². The maximum Gasteiger partial charge on any atom is 0.191 e. The molecule has 0 saturated carbocycles. The lowest BCUT2D eigenvalue weighted by Crippen LogP contribution is -2.41. The van der Waals surface area contributed by atoms with Crippen molar-refractivity contribution in [2.75, 3.05) is 52.5 Å². The fraction of sp³-hybridized carbons (Fsp3) is 0.688. The molecule has 2 rings (SSSR count). The summed E-state index contributed by atoms with van der Waals surface area (Å²) in [6, 6.07) is 0. The molecule has 2 N–H and O–H groups in total. The fourth-order valence-electron chi connectivity index (χ4n) is 2.51. The van der Waals surface area contributed by atoms with E-state index in [1.165, 1.54) is 0 Å². The number of nitrogens with one attached hydrogen (secondary N) is 2. The topological polar surface area (TPSA) is 79.6 Å². The smallest absolute Gasteiger partial charge is 0.191 e. The normalized spacial score (nSPS) is 16.1. The number of aryl methyl sites for hydroxylation is 1. The fourth-order valence-corrected chi connectivity index (χ4v) is 2.51. The molecule has 0 aliphatic carbocycles. The first-order valence-electron chi connectivity index (χ1n) is 8.63. The molecule has 0 atom stereocenters. The van der Waals surface area contributed by atoms with Crippen molar-refractivity contribution in [3.05, 3.63) is 24.8 Å². The van der Waals surface area contributed by atoms with Gasteiger partial charge in [-0.1, -0.05) is 13.0 Å². The van der Waals surface area contributed by atoms with Crippen LogP contribution < -0.4 is 10.6 Å². The molecule has 1 fully saturated rings. The van der Waals surface area contributed by atoms with Crippen LogP contribution in [0.5, 0.6) is 0 Å².